The van der Waals surface area contributed by atoms with Crippen molar-refractivity contribution in [3.05, 3.63) is 36.5 Å². The van der Waals surface area contributed by atoms with Gasteiger partial charge in [0.2, 0.25) is 5.95 Å². The summed E-state index contributed by atoms with van der Waals surface area (Å²) in [6.07, 6.45) is 1.93. The van der Waals surface area contributed by atoms with Crippen LogP contribution in [0.2, 0.25) is 0 Å². The molecule has 0 fully saturated rings. The van der Waals surface area contributed by atoms with E-state index in [9.17, 15) is 0 Å². The molecule has 0 radical (unpaired) electrons. The number of ether oxygens (including phenoxy) is 1. The van der Waals surface area contributed by atoms with Gasteiger partial charge in [-0.3, -0.25) is 0 Å². The Labute approximate surface area is 107 Å². The molecule has 2 aromatic rings. The van der Waals surface area contributed by atoms with Gasteiger partial charge in [-0.25, -0.2) is 9.97 Å². The second kappa shape index (κ2) is 5.49. The first kappa shape index (κ1) is 12.4. The SMILES string of the molecule is CNc1nccc(-c2ccc(OC(C)C)cc2)n1. The topological polar surface area (TPSA) is 47.0 Å². The Morgan fingerprint density at radius 1 is 1.11 bits per heavy atom. The fourth-order valence-electron chi connectivity index (χ4n) is 1.62. The molecule has 0 bridgehead atoms. The summed E-state index contributed by atoms with van der Waals surface area (Å²) in [6.45, 7) is 4.02. The van der Waals surface area contributed by atoms with Crippen molar-refractivity contribution >= 4 is 5.95 Å². The van der Waals surface area contributed by atoms with Crippen LogP contribution >= 0.6 is 0 Å². The van der Waals surface area contributed by atoms with Crippen LogP contribution in [0.3, 0.4) is 0 Å². The van der Waals surface area contributed by atoms with Gasteiger partial charge in [0.25, 0.3) is 0 Å². The van der Waals surface area contributed by atoms with Crippen LogP contribution in [0, 0.1) is 0 Å². The van der Waals surface area contributed by atoms with E-state index in [0.717, 1.165) is 17.0 Å². The molecule has 0 saturated heterocycles. The molecule has 0 atom stereocenters. The minimum Gasteiger partial charge on any atom is -0.491 e. The number of hydrogen-bond acceptors (Lipinski definition) is 4. The van der Waals surface area contributed by atoms with Gasteiger partial charge in [-0.1, -0.05) is 0 Å². The van der Waals surface area contributed by atoms with E-state index < -0.39 is 0 Å². The summed E-state index contributed by atoms with van der Waals surface area (Å²) >= 11 is 0. The van der Waals surface area contributed by atoms with Crippen molar-refractivity contribution in [3.8, 4) is 17.0 Å². The third-order valence-electron chi connectivity index (χ3n) is 2.40. The number of benzene rings is 1. The number of nitrogens with one attached hydrogen (secondary N) is 1. The lowest BCUT2D eigenvalue weighted by Gasteiger charge is -2.10. The first-order valence-corrected chi connectivity index (χ1v) is 5.97. The maximum Gasteiger partial charge on any atom is 0.222 e. The zero-order valence-corrected chi connectivity index (χ0v) is 10.8. The van der Waals surface area contributed by atoms with Crippen molar-refractivity contribution in [1.29, 1.82) is 0 Å². The molecule has 1 heterocycles. The summed E-state index contributed by atoms with van der Waals surface area (Å²) in [5, 5.41) is 2.93. The zero-order valence-electron chi connectivity index (χ0n) is 10.8. The van der Waals surface area contributed by atoms with Gasteiger partial charge < -0.3 is 10.1 Å². The van der Waals surface area contributed by atoms with Gasteiger partial charge in [0.05, 0.1) is 11.8 Å². The molecule has 94 valence electrons. The van der Waals surface area contributed by atoms with Crippen molar-refractivity contribution in [2.45, 2.75) is 20.0 Å². The van der Waals surface area contributed by atoms with E-state index in [2.05, 4.69) is 15.3 Å². The highest BCUT2D eigenvalue weighted by Gasteiger charge is 2.02. The molecular formula is C14H17N3O. The number of aromatic nitrogens is 2. The molecule has 0 unspecified atom stereocenters. The average Bonchev–Trinajstić information content (AvgIpc) is 2.39. The highest BCUT2D eigenvalue weighted by molar-refractivity contribution is 5.60. The predicted molar refractivity (Wildman–Crippen MR) is 72.8 cm³/mol. The van der Waals surface area contributed by atoms with Crippen molar-refractivity contribution in [3.63, 3.8) is 0 Å². The maximum atomic E-state index is 5.60. The molecule has 1 N–H and O–H groups in total. The number of rotatable bonds is 4. The zero-order chi connectivity index (χ0) is 13.0. The Kier molecular flexibility index (Phi) is 3.77. The highest BCUT2D eigenvalue weighted by atomic mass is 16.5. The molecule has 0 spiro atoms. The summed E-state index contributed by atoms with van der Waals surface area (Å²) in [7, 11) is 1.80. The molecule has 4 nitrogen and oxygen atoms in total. The molecule has 1 aromatic heterocycles. The van der Waals surface area contributed by atoms with E-state index in [-0.39, 0.29) is 6.10 Å². The van der Waals surface area contributed by atoms with Crippen LogP contribution in [0.4, 0.5) is 5.95 Å². The minimum atomic E-state index is 0.186. The number of hydrogen-bond donors (Lipinski definition) is 1. The summed E-state index contributed by atoms with van der Waals surface area (Å²) in [5.74, 6) is 1.49. The van der Waals surface area contributed by atoms with E-state index in [4.69, 9.17) is 4.74 Å². The van der Waals surface area contributed by atoms with Crippen LogP contribution < -0.4 is 10.1 Å². The first-order chi connectivity index (χ1) is 8.69. The van der Waals surface area contributed by atoms with Crippen LogP contribution in [0.25, 0.3) is 11.3 Å². The predicted octanol–water partition coefficient (Wildman–Crippen LogP) is 2.97. The second-order valence-corrected chi connectivity index (χ2v) is 4.21. The molecule has 0 aliphatic carbocycles. The van der Waals surface area contributed by atoms with Crippen molar-refractivity contribution < 1.29 is 4.74 Å². The van der Waals surface area contributed by atoms with Gasteiger partial charge in [-0.05, 0) is 44.2 Å². The molecule has 4 heteroatoms. The molecule has 1 aromatic carbocycles. The van der Waals surface area contributed by atoms with Crippen LogP contribution in [0.1, 0.15) is 13.8 Å². The van der Waals surface area contributed by atoms with Crippen LogP contribution in [-0.4, -0.2) is 23.1 Å². The van der Waals surface area contributed by atoms with Gasteiger partial charge in [0, 0.05) is 18.8 Å². The molecule has 0 amide bonds. The summed E-state index contributed by atoms with van der Waals surface area (Å²) in [4.78, 5) is 8.48. The van der Waals surface area contributed by atoms with E-state index >= 15 is 0 Å². The van der Waals surface area contributed by atoms with Gasteiger partial charge in [-0.15, -0.1) is 0 Å². The minimum absolute atomic E-state index is 0.186. The van der Waals surface area contributed by atoms with Crippen molar-refractivity contribution in [1.82, 2.24) is 9.97 Å². The van der Waals surface area contributed by atoms with Gasteiger partial charge >= 0.3 is 0 Å². The van der Waals surface area contributed by atoms with Crippen molar-refractivity contribution in [2.24, 2.45) is 0 Å². The lowest BCUT2D eigenvalue weighted by Crippen LogP contribution is -2.05. The largest absolute Gasteiger partial charge is 0.491 e. The normalized spacial score (nSPS) is 10.4. The summed E-state index contributed by atoms with van der Waals surface area (Å²) in [5.41, 5.74) is 1.94. The van der Waals surface area contributed by atoms with Gasteiger partial charge in [0.15, 0.2) is 0 Å². The summed E-state index contributed by atoms with van der Waals surface area (Å²) in [6, 6.07) is 9.80. The Bertz CT molecular complexity index is 509. The molecule has 0 aliphatic heterocycles. The monoisotopic (exact) mass is 243 g/mol. The first-order valence-electron chi connectivity index (χ1n) is 5.97. The van der Waals surface area contributed by atoms with Crippen LogP contribution in [0.15, 0.2) is 36.5 Å². The molecule has 0 saturated carbocycles. The fraction of sp³-hybridized carbons (Fsp3) is 0.286. The van der Waals surface area contributed by atoms with Crippen molar-refractivity contribution in [2.75, 3.05) is 12.4 Å². The van der Waals surface area contributed by atoms with E-state index in [1.807, 2.05) is 44.2 Å². The van der Waals surface area contributed by atoms with E-state index in [1.165, 1.54) is 0 Å². The van der Waals surface area contributed by atoms with Gasteiger partial charge in [0.1, 0.15) is 5.75 Å². The Hall–Kier alpha value is -2.10. The lowest BCUT2D eigenvalue weighted by molar-refractivity contribution is 0.242. The number of anilines is 1. The third-order valence-corrected chi connectivity index (χ3v) is 2.40. The Morgan fingerprint density at radius 3 is 2.44 bits per heavy atom. The standard InChI is InChI=1S/C14H17N3O/c1-10(2)18-12-6-4-11(5-7-12)13-8-9-16-14(15-3)17-13/h4-10H,1-3H3,(H,15,16,17). The molecular weight excluding hydrogens is 226 g/mol. The smallest absolute Gasteiger partial charge is 0.222 e. The number of nitrogens with zero attached hydrogens (tertiary/aromatic N) is 2. The van der Waals surface area contributed by atoms with Crippen LogP contribution in [-0.2, 0) is 0 Å². The summed E-state index contributed by atoms with van der Waals surface area (Å²) < 4.78 is 5.60. The van der Waals surface area contributed by atoms with Gasteiger partial charge in [-0.2, -0.15) is 0 Å². The maximum absolute atomic E-state index is 5.60. The Morgan fingerprint density at radius 2 is 1.83 bits per heavy atom. The average molecular weight is 243 g/mol. The molecule has 2 rings (SSSR count). The van der Waals surface area contributed by atoms with E-state index in [0.29, 0.717) is 5.95 Å². The molecule has 18 heavy (non-hydrogen) atoms. The third kappa shape index (κ3) is 2.97. The van der Waals surface area contributed by atoms with E-state index in [1.54, 1.807) is 13.2 Å². The second-order valence-electron chi connectivity index (χ2n) is 4.21. The molecule has 0 aliphatic rings. The Balaban J connectivity index is 2.22. The van der Waals surface area contributed by atoms with Crippen LogP contribution in [0.5, 0.6) is 5.75 Å². The fourth-order valence-corrected chi connectivity index (χ4v) is 1.62. The quantitative estimate of drug-likeness (QED) is 0.896. The lowest BCUT2D eigenvalue weighted by atomic mass is 10.1. The highest BCUT2D eigenvalue weighted by Crippen LogP contribution is 2.21.